The van der Waals surface area contributed by atoms with Crippen LogP contribution < -0.4 is 0 Å². The van der Waals surface area contributed by atoms with Crippen LogP contribution in [0.4, 0.5) is 0 Å². The molecule has 6 nitrogen and oxygen atoms in total. The zero-order valence-corrected chi connectivity index (χ0v) is 58.0. The summed E-state index contributed by atoms with van der Waals surface area (Å²) in [5, 5.41) is 39.8. The fraction of sp³-hybridized carbons (Fsp3) is 0.627. The second kappa shape index (κ2) is 38.2. The molecule has 0 atom stereocenters. The fourth-order valence-corrected chi connectivity index (χ4v) is 19.5. The zero-order chi connectivity index (χ0) is 60.9. The minimum atomic E-state index is 0.172. The predicted molar refractivity (Wildman–Crippen MR) is 381 cm³/mol. The third-order valence-corrected chi connectivity index (χ3v) is 24.5. The molecular formula is C75H104N6S5. The molecule has 0 fully saturated rings. The molecule has 0 N–H and O–H groups in total. The molecule has 0 amide bonds. The lowest BCUT2D eigenvalue weighted by molar-refractivity contribution is 0.364. The van der Waals surface area contributed by atoms with Gasteiger partial charge in [0.1, 0.15) is 35.4 Å². The van der Waals surface area contributed by atoms with Crippen molar-refractivity contribution in [3.05, 3.63) is 56.3 Å². The average Bonchev–Trinajstić information content (AvgIpc) is 1.56. The lowest BCUT2D eigenvalue weighted by Crippen LogP contribution is -2.13. The van der Waals surface area contributed by atoms with Gasteiger partial charge in [0.25, 0.3) is 0 Å². The number of aromatic nitrogens is 2. The molecule has 0 unspecified atom stereocenters. The van der Waals surface area contributed by atoms with Gasteiger partial charge in [0.05, 0.1) is 40.9 Å². The molecule has 0 aromatic carbocycles. The van der Waals surface area contributed by atoms with Gasteiger partial charge in [-0.3, -0.25) is 0 Å². The van der Waals surface area contributed by atoms with E-state index in [1.165, 1.54) is 290 Å². The SMILES string of the molecule is CCCCCCCCC(CCCCCCCC)Cn1c2cc(-c3cc(CCCCCC)c(C=C(C#N)C#N)s3)sc2c2sc3c4sc(-c5cc(CCCCCC)c(C=C(C#N)C#N)s5)cc4n(C(CCCCCCCC)CCCCCCCC)c3c21. The van der Waals surface area contributed by atoms with Crippen LogP contribution in [0, 0.1) is 51.2 Å². The summed E-state index contributed by atoms with van der Waals surface area (Å²) in [5.41, 5.74) is 8.58. The Morgan fingerprint density at radius 3 is 1.15 bits per heavy atom. The number of hydrogen-bond acceptors (Lipinski definition) is 9. The number of rotatable bonds is 45. The van der Waals surface area contributed by atoms with Gasteiger partial charge in [-0.05, 0) is 105 Å². The van der Waals surface area contributed by atoms with Crippen LogP contribution in [0.3, 0.4) is 0 Å². The number of fused-ring (bicyclic) bond motifs is 7. The van der Waals surface area contributed by atoms with Crippen LogP contribution in [0.5, 0.6) is 0 Å². The number of hydrogen-bond donors (Lipinski definition) is 0. The highest BCUT2D eigenvalue weighted by atomic mass is 32.1. The van der Waals surface area contributed by atoms with E-state index in [4.69, 9.17) is 0 Å². The maximum absolute atomic E-state index is 9.96. The monoisotopic (exact) mass is 1250 g/mol. The number of nitriles is 4. The first-order valence-corrected chi connectivity index (χ1v) is 38.7. The van der Waals surface area contributed by atoms with Crippen molar-refractivity contribution in [3.63, 3.8) is 0 Å². The Bertz CT molecular complexity index is 3320. The Morgan fingerprint density at radius 2 is 0.733 bits per heavy atom. The summed E-state index contributed by atoms with van der Waals surface area (Å²) in [5.74, 6) is 0.590. The Kier molecular flexibility index (Phi) is 30.6. The molecule has 0 saturated heterocycles. The summed E-state index contributed by atoms with van der Waals surface area (Å²) in [6.45, 7) is 14.9. The second-order valence-corrected chi connectivity index (χ2v) is 30.3. The van der Waals surface area contributed by atoms with Crippen LogP contribution in [-0.2, 0) is 19.4 Å². The molecule has 464 valence electrons. The molecule has 7 rings (SSSR count). The summed E-state index contributed by atoms with van der Waals surface area (Å²) < 4.78 is 11.5. The first kappa shape index (κ1) is 69.0. The van der Waals surface area contributed by atoms with E-state index >= 15 is 0 Å². The van der Waals surface area contributed by atoms with Crippen LogP contribution in [0.1, 0.15) is 300 Å². The van der Waals surface area contributed by atoms with Crippen molar-refractivity contribution < 1.29 is 0 Å². The lowest BCUT2D eigenvalue weighted by atomic mass is 9.93. The van der Waals surface area contributed by atoms with Crippen molar-refractivity contribution in [2.45, 2.75) is 298 Å². The molecule has 0 bridgehead atoms. The highest BCUT2D eigenvalue weighted by Crippen LogP contribution is 2.54. The van der Waals surface area contributed by atoms with Gasteiger partial charge in [0, 0.05) is 41.8 Å². The van der Waals surface area contributed by atoms with Crippen LogP contribution in [0.15, 0.2) is 35.4 Å². The van der Waals surface area contributed by atoms with E-state index in [1.54, 1.807) is 22.7 Å². The normalized spacial score (nSPS) is 11.7. The van der Waals surface area contributed by atoms with Gasteiger partial charge in [0.15, 0.2) is 0 Å². The van der Waals surface area contributed by atoms with Crippen molar-refractivity contribution in [3.8, 4) is 43.8 Å². The highest BCUT2D eigenvalue weighted by molar-refractivity contribution is 7.36. The van der Waals surface area contributed by atoms with Crippen molar-refractivity contribution in [2.24, 2.45) is 5.92 Å². The smallest absolute Gasteiger partial charge is 0.131 e. The summed E-state index contributed by atoms with van der Waals surface area (Å²) in [7, 11) is 0. The average molecular weight is 1250 g/mol. The van der Waals surface area contributed by atoms with Crippen LogP contribution in [0.25, 0.3) is 72.5 Å². The number of thiophene rings is 5. The number of nitrogens with zero attached hydrogens (tertiary/aromatic N) is 6. The lowest BCUT2D eigenvalue weighted by Gasteiger charge is -2.23. The molecule has 0 spiro atoms. The number of aryl methyl sites for hydroxylation is 2. The van der Waals surface area contributed by atoms with E-state index in [2.05, 4.69) is 111 Å². The Balaban J connectivity index is 1.47. The first-order chi connectivity index (χ1) is 42.3. The summed E-state index contributed by atoms with van der Waals surface area (Å²) in [6, 6.07) is 19.0. The third kappa shape index (κ3) is 19.3. The molecule has 7 heterocycles. The molecule has 11 heteroatoms. The zero-order valence-electron chi connectivity index (χ0n) is 53.9. The first-order valence-electron chi connectivity index (χ1n) is 34.6. The van der Waals surface area contributed by atoms with Crippen LogP contribution >= 0.6 is 56.7 Å². The molecule has 7 aromatic rings. The van der Waals surface area contributed by atoms with E-state index < -0.39 is 0 Å². The van der Waals surface area contributed by atoms with Gasteiger partial charge >= 0.3 is 0 Å². The van der Waals surface area contributed by atoms with Gasteiger partial charge in [0.2, 0.25) is 0 Å². The van der Waals surface area contributed by atoms with Crippen LogP contribution in [-0.4, -0.2) is 9.13 Å². The fourth-order valence-electron chi connectivity index (χ4n) is 13.1. The molecule has 86 heavy (non-hydrogen) atoms. The standard InChI is InChI=1S/C75H104N6S5/c1-7-13-19-25-29-33-39-56(40-34-30-26-20-14-8-2)55-80-62-49-68(66-47-59(41-35-23-17-11-5)64(82-66)45-57(51-76)52-77)84-72(62)74-70(80)71-75(86-74)73-63(81(71)61(43-37-31-27-21-15-9-3)44-38-32-28-22-16-10-4)50-69(85-73)67-48-60(42-36-24-18-12-6)65(83-67)46-58(53-78)54-79/h45-50,56,61H,7-44,55H2,1-6H3. The summed E-state index contributed by atoms with van der Waals surface area (Å²) >= 11 is 9.54. The molecule has 7 aromatic heterocycles. The Labute approximate surface area is 540 Å². The van der Waals surface area contributed by atoms with Gasteiger partial charge in [-0.25, -0.2) is 0 Å². The maximum atomic E-state index is 9.96. The van der Waals surface area contributed by atoms with Gasteiger partial charge in [-0.2, -0.15) is 21.0 Å². The largest absolute Gasteiger partial charge is 0.337 e. The molecule has 0 aliphatic heterocycles. The van der Waals surface area contributed by atoms with Crippen molar-refractivity contribution in [1.82, 2.24) is 9.13 Å². The van der Waals surface area contributed by atoms with Crippen molar-refractivity contribution in [2.75, 3.05) is 0 Å². The highest BCUT2D eigenvalue weighted by Gasteiger charge is 2.30. The minimum absolute atomic E-state index is 0.172. The Hall–Kier alpha value is -4.46. The predicted octanol–water partition coefficient (Wildman–Crippen LogP) is 26.8. The van der Waals surface area contributed by atoms with Crippen molar-refractivity contribution in [1.29, 1.82) is 21.0 Å². The minimum Gasteiger partial charge on any atom is -0.337 e. The van der Waals surface area contributed by atoms with Crippen molar-refractivity contribution >= 4 is 110 Å². The van der Waals surface area contributed by atoms with E-state index in [9.17, 15) is 21.0 Å². The molecule has 0 aliphatic rings. The number of allylic oxidation sites excluding steroid dienone is 2. The van der Waals surface area contributed by atoms with E-state index in [-0.39, 0.29) is 11.1 Å². The van der Waals surface area contributed by atoms with E-state index in [0.717, 1.165) is 42.0 Å². The van der Waals surface area contributed by atoms with Gasteiger partial charge in [-0.15, -0.1) is 56.7 Å². The quantitative estimate of drug-likeness (QED) is 0.0280. The van der Waals surface area contributed by atoms with E-state index in [0.29, 0.717) is 12.0 Å². The Morgan fingerprint density at radius 1 is 0.384 bits per heavy atom. The molecule has 0 saturated carbocycles. The molecule has 0 radical (unpaired) electrons. The van der Waals surface area contributed by atoms with E-state index in [1.807, 2.05) is 34.8 Å². The summed E-state index contributed by atoms with van der Waals surface area (Å²) in [6.07, 6.45) is 51.3. The van der Waals surface area contributed by atoms with Gasteiger partial charge < -0.3 is 9.13 Å². The number of unbranched alkanes of at least 4 members (excludes halogenated alkanes) is 26. The molecular weight excluding hydrogens is 1150 g/mol. The topological polar surface area (TPSA) is 105 Å². The third-order valence-electron chi connectivity index (χ3n) is 18.1. The van der Waals surface area contributed by atoms with Crippen LogP contribution in [0.2, 0.25) is 0 Å². The van der Waals surface area contributed by atoms with Gasteiger partial charge in [-0.1, -0.05) is 234 Å². The summed E-state index contributed by atoms with van der Waals surface area (Å²) in [4.78, 5) is 7.19. The maximum Gasteiger partial charge on any atom is 0.131 e. The molecule has 0 aliphatic carbocycles. The second-order valence-electron chi connectivity index (χ2n) is 25.0.